The number of hydrogen-bond acceptors (Lipinski definition) is 9. The van der Waals surface area contributed by atoms with Crippen LogP contribution in [-0.2, 0) is 16.0 Å². The molecule has 0 saturated heterocycles. The molecule has 0 fully saturated rings. The Bertz CT molecular complexity index is 679. The zero-order chi connectivity index (χ0) is 19.3. The van der Waals surface area contributed by atoms with Gasteiger partial charge in [-0.3, -0.25) is 14.6 Å². The molecule has 26 heavy (non-hydrogen) atoms. The van der Waals surface area contributed by atoms with Crippen molar-refractivity contribution in [3.05, 3.63) is 15.9 Å². The van der Waals surface area contributed by atoms with E-state index in [0.717, 1.165) is 12.8 Å². The fourth-order valence-electron chi connectivity index (χ4n) is 3.00. The second-order valence-corrected chi connectivity index (χ2v) is 6.65. The third-order valence-electron chi connectivity index (χ3n) is 4.57. The number of hydrogen-bond donors (Lipinski definition) is 6. The summed E-state index contributed by atoms with van der Waals surface area (Å²) < 4.78 is 5.30. The molecule has 0 unspecified atom stereocenters. The minimum absolute atomic E-state index is 0.0335. The van der Waals surface area contributed by atoms with Gasteiger partial charge in [0.2, 0.25) is 5.95 Å². The molecule has 1 aliphatic rings. The normalized spacial score (nSPS) is 19.8. The van der Waals surface area contributed by atoms with E-state index in [4.69, 9.17) is 21.9 Å². The number of aromatic amines is 1. The molecule has 4 atom stereocenters. The lowest BCUT2D eigenvalue weighted by molar-refractivity contribution is -0.157. The number of fused-ring (bicyclic) bond motifs is 1. The lowest BCUT2D eigenvalue weighted by Crippen LogP contribution is -2.44. The van der Waals surface area contributed by atoms with E-state index < -0.39 is 24.2 Å². The topological polar surface area (TPSA) is 182 Å². The Morgan fingerprint density at radius 1 is 1.46 bits per heavy atom. The number of rotatable bonds is 8. The number of nitrogen functional groups attached to an aromatic ring is 1. The third-order valence-corrected chi connectivity index (χ3v) is 4.57. The van der Waals surface area contributed by atoms with E-state index in [1.165, 1.54) is 0 Å². The lowest BCUT2D eigenvalue weighted by Gasteiger charge is -2.31. The van der Waals surface area contributed by atoms with Gasteiger partial charge in [0.05, 0.1) is 11.7 Å². The predicted molar refractivity (Wildman–Crippen MR) is 97.4 cm³/mol. The molecule has 0 aliphatic carbocycles. The Morgan fingerprint density at radius 3 is 2.88 bits per heavy atom. The monoisotopic (exact) mass is 368 g/mol. The van der Waals surface area contributed by atoms with Crippen molar-refractivity contribution in [3.63, 3.8) is 0 Å². The predicted octanol–water partition coefficient (Wildman–Crippen LogP) is -1.31. The van der Waals surface area contributed by atoms with E-state index in [9.17, 15) is 14.7 Å². The van der Waals surface area contributed by atoms with Crippen LogP contribution < -0.4 is 28.1 Å². The van der Waals surface area contributed by atoms with Crippen molar-refractivity contribution in [2.24, 2.45) is 17.4 Å². The Labute approximate surface area is 151 Å². The van der Waals surface area contributed by atoms with Gasteiger partial charge >= 0.3 is 5.97 Å². The van der Waals surface area contributed by atoms with Crippen molar-refractivity contribution in [1.29, 1.82) is 0 Å². The summed E-state index contributed by atoms with van der Waals surface area (Å²) in [5.74, 6) is -0.414. The standard InChI is InChI=1S/C16H28N6O4/c1-8(26-15(25)11(18)4-2-3-5-17)12(23)9-6-10-13(20-7-9)21-16(19)22-14(10)24/h8-9,11-12,23H,2-7,17-18H2,1H3,(H4,19,20,21,22,24)/t8-,9+,11-,12-/m0/s1. The number of ether oxygens (including phenoxy) is 1. The van der Waals surface area contributed by atoms with E-state index in [0.29, 0.717) is 37.3 Å². The molecule has 1 aromatic heterocycles. The van der Waals surface area contributed by atoms with Gasteiger partial charge in [0.15, 0.2) is 0 Å². The minimum atomic E-state index is -0.951. The smallest absolute Gasteiger partial charge is 0.323 e. The van der Waals surface area contributed by atoms with Crippen LogP contribution in [0.25, 0.3) is 0 Å². The first-order valence-electron chi connectivity index (χ1n) is 8.80. The summed E-state index contributed by atoms with van der Waals surface area (Å²) >= 11 is 0. The van der Waals surface area contributed by atoms with Crippen molar-refractivity contribution in [2.75, 3.05) is 24.1 Å². The van der Waals surface area contributed by atoms with Crippen LogP contribution in [0.4, 0.5) is 11.8 Å². The van der Waals surface area contributed by atoms with Gasteiger partial charge in [0, 0.05) is 12.5 Å². The number of unbranched alkanes of at least 4 members (excludes halogenated alkanes) is 1. The first-order chi connectivity index (χ1) is 12.3. The van der Waals surface area contributed by atoms with Crippen molar-refractivity contribution in [1.82, 2.24) is 9.97 Å². The van der Waals surface area contributed by atoms with Crippen LogP contribution in [-0.4, -0.2) is 52.4 Å². The Hall–Kier alpha value is -2.17. The van der Waals surface area contributed by atoms with Gasteiger partial charge in [-0.15, -0.1) is 0 Å². The maximum Gasteiger partial charge on any atom is 0.323 e. The molecular formula is C16H28N6O4. The molecule has 0 saturated carbocycles. The van der Waals surface area contributed by atoms with Crippen LogP contribution in [0.15, 0.2) is 4.79 Å². The maximum atomic E-state index is 12.0. The zero-order valence-corrected chi connectivity index (χ0v) is 14.9. The average Bonchev–Trinajstić information content (AvgIpc) is 2.60. The van der Waals surface area contributed by atoms with Gasteiger partial charge < -0.3 is 32.4 Å². The number of nitrogens with zero attached hydrogens (tertiary/aromatic N) is 1. The molecule has 0 aromatic carbocycles. The number of H-pyrrole nitrogens is 1. The molecule has 0 bridgehead atoms. The fraction of sp³-hybridized carbons (Fsp3) is 0.688. The Balaban J connectivity index is 1.93. The summed E-state index contributed by atoms with van der Waals surface area (Å²) in [4.78, 5) is 30.5. The second kappa shape index (κ2) is 8.97. The highest BCUT2D eigenvalue weighted by Crippen LogP contribution is 2.24. The molecule has 2 heterocycles. The van der Waals surface area contributed by atoms with Gasteiger partial charge in [-0.25, -0.2) is 0 Å². The first-order valence-corrected chi connectivity index (χ1v) is 8.80. The molecule has 10 heteroatoms. The molecule has 1 aromatic rings. The number of carbonyl (C=O) groups is 1. The van der Waals surface area contributed by atoms with Crippen molar-refractivity contribution >= 4 is 17.7 Å². The van der Waals surface area contributed by atoms with Crippen molar-refractivity contribution in [3.8, 4) is 0 Å². The van der Waals surface area contributed by atoms with Gasteiger partial charge in [-0.2, -0.15) is 4.98 Å². The zero-order valence-electron chi connectivity index (χ0n) is 14.9. The summed E-state index contributed by atoms with van der Waals surface area (Å²) in [5.41, 5.74) is 16.8. The maximum absolute atomic E-state index is 12.0. The van der Waals surface area contributed by atoms with Gasteiger partial charge in [-0.05, 0) is 32.7 Å². The Kier molecular flexibility index (Phi) is 6.95. The number of anilines is 2. The number of nitrogens with two attached hydrogens (primary N) is 3. The molecule has 0 radical (unpaired) electrons. The number of nitrogens with one attached hydrogen (secondary N) is 2. The number of aromatic nitrogens is 2. The van der Waals surface area contributed by atoms with Crippen molar-refractivity contribution in [2.45, 2.75) is 50.9 Å². The van der Waals surface area contributed by atoms with Crippen LogP contribution in [0.2, 0.25) is 0 Å². The fourth-order valence-corrected chi connectivity index (χ4v) is 3.00. The highest BCUT2D eigenvalue weighted by Gasteiger charge is 2.33. The largest absolute Gasteiger partial charge is 0.459 e. The number of aliphatic hydroxyl groups excluding tert-OH is 1. The summed E-state index contributed by atoms with van der Waals surface area (Å²) in [6.07, 6.45) is 0.617. The van der Waals surface area contributed by atoms with Crippen LogP contribution >= 0.6 is 0 Å². The van der Waals surface area contributed by atoms with Crippen molar-refractivity contribution < 1.29 is 14.6 Å². The summed E-state index contributed by atoms with van der Waals surface area (Å²) in [7, 11) is 0. The summed E-state index contributed by atoms with van der Waals surface area (Å²) in [6.45, 7) is 2.54. The van der Waals surface area contributed by atoms with Crippen LogP contribution in [0, 0.1) is 5.92 Å². The van der Waals surface area contributed by atoms with Gasteiger partial charge in [0.1, 0.15) is 18.0 Å². The number of carbonyl (C=O) groups excluding carboxylic acids is 1. The number of aliphatic hydroxyl groups is 1. The molecule has 2 rings (SSSR count). The second-order valence-electron chi connectivity index (χ2n) is 6.65. The van der Waals surface area contributed by atoms with Crippen LogP contribution in [0.5, 0.6) is 0 Å². The van der Waals surface area contributed by atoms with E-state index in [2.05, 4.69) is 15.3 Å². The average molecular weight is 368 g/mol. The summed E-state index contributed by atoms with van der Waals surface area (Å²) in [6, 6.07) is -0.739. The highest BCUT2D eigenvalue weighted by molar-refractivity contribution is 5.75. The third kappa shape index (κ3) is 4.93. The lowest BCUT2D eigenvalue weighted by atomic mass is 9.89. The minimum Gasteiger partial charge on any atom is -0.459 e. The first kappa shape index (κ1) is 20.1. The van der Waals surface area contributed by atoms with Crippen LogP contribution in [0.1, 0.15) is 31.7 Å². The van der Waals surface area contributed by atoms with Gasteiger partial charge in [-0.1, -0.05) is 6.42 Å². The summed E-state index contributed by atoms with van der Waals surface area (Å²) in [5, 5.41) is 13.5. The molecule has 146 valence electrons. The van der Waals surface area contributed by atoms with Crippen LogP contribution in [0.3, 0.4) is 0 Å². The molecule has 9 N–H and O–H groups in total. The molecule has 0 spiro atoms. The van der Waals surface area contributed by atoms with E-state index >= 15 is 0 Å². The van der Waals surface area contributed by atoms with E-state index in [1.54, 1.807) is 6.92 Å². The molecular weight excluding hydrogens is 340 g/mol. The van der Waals surface area contributed by atoms with Gasteiger partial charge in [0.25, 0.3) is 5.56 Å². The SMILES string of the molecule is C[C@H](OC(=O)[C@@H](N)CCCCN)[C@H](O)[C@H]1CNc2nc(N)[nH]c(=O)c2C1. The number of esters is 1. The van der Waals surface area contributed by atoms with E-state index in [1.807, 2.05) is 0 Å². The Morgan fingerprint density at radius 2 is 2.19 bits per heavy atom. The molecule has 0 amide bonds. The molecule has 10 nitrogen and oxygen atoms in total. The quantitative estimate of drug-likeness (QED) is 0.239. The van der Waals surface area contributed by atoms with E-state index in [-0.39, 0.29) is 17.4 Å². The molecule has 1 aliphatic heterocycles. The highest BCUT2D eigenvalue weighted by atomic mass is 16.6.